The molecule has 0 saturated carbocycles. The second kappa shape index (κ2) is 9.95. The van der Waals surface area contributed by atoms with E-state index in [2.05, 4.69) is 25.5 Å². The second-order valence-corrected chi connectivity index (χ2v) is 7.86. The minimum Gasteiger partial charge on any atom is -0.379 e. The number of hydrogen-bond acceptors (Lipinski definition) is 6. The number of benzene rings is 1. The average molecular weight is 413 g/mol. The highest BCUT2D eigenvalue weighted by Crippen LogP contribution is 2.17. The summed E-state index contributed by atoms with van der Waals surface area (Å²) in [6, 6.07) is 6.33. The normalized spacial score (nSPS) is 19.2. The molecule has 2 saturated heterocycles. The molecule has 7 nitrogen and oxygen atoms in total. The van der Waals surface area contributed by atoms with Gasteiger partial charge in [0, 0.05) is 26.1 Å². The number of nitrogens with one attached hydrogen (secondary N) is 2. The number of likely N-dealkylation sites (tertiary alicyclic amines) is 1. The van der Waals surface area contributed by atoms with Crippen LogP contribution in [-0.4, -0.2) is 66.2 Å². The molecule has 0 aliphatic carbocycles. The van der Waals surface area contributed by atoms with Crippen molar-refractivity contribution in [1.29, 1.82) is 0 Å². The molecular formula is C22H28FN5O2. The van der Waals surface area contributed by atoms with Crippen LogP contribution >= 0.6 is 0 Å². The molecule has 2 aliphatic heterocycles. The molecule has 3 heterocycles. The van der Waals surface area contributed by atoms with Crippen LogP contribution in [0.3, 0.4) is 0 Å². The van der Waals surface area contributed by atoms with Gasteiger partial charge >= 0.3 is 0 Å². The fourth-order valence-electron chi connectivity index (χ4n) is 3.85. The van der Waals surface area contributed by atoms with Crippen LogP contribution in [-0.2, 0) is 11.2 Å². The zero-order chi connectivity index (χ0) is 20.8. The first-order chi connectivity index (χ1) is 14.7. The number of halogens is 1. The number of amides is 1. The summed E-state index contributed by atoms with van der Waals surface area (Å²) < 4.78 is 18.6. The van der Waals surface area contributed by atoms with E-state index in [-0.39, 0.29) is 23.5 Å². The van der Waals surface area contributed by atoms with Crippen molar-refractivity contribution in [3.05, 3.63) is 53.2 Å². The highest BCUT2D eigenvalue weighted by molar-refractivity contribution is 5.92. The zero-order valence-corrected chi connectivity index (χ0v) is 17.1. The number of aromatic nitrogens is 2. The predicted molar refractivity (Wildman–Crippen MR) is 112 cm³/mol. The molecule has 0 radical (unpaired) electrons. The predicted octanol–water partition coefficient (Wildman–Crippen LogP) is 2.23. The van der Waals surface area contributed by atoms with Gasteiger partial charge in [-0.15, -0.1) is 0 Å². The Balaban J connectivity index is 1.48. The monoisotopic (exact) mass is 413 g/mol. The van der Waals surface area contributed by atoms with Gasteiger partial charge in [-0.3, -0.25) is 4.79 Å². The quantitative estimate of drug-likeness (QED) is 0.691. The molecule has 2 N–H and O–H groups in total. The molecule has 0 bridgehead atoms. The van der Waals surface area contributed by atoms with Gasteiger partial charge in [-0.2, -0.15) is 0 Å². The molecule has 160 valence electrons. The highest BCUT2D eigenvalue weighted by atomic mass is 19.1. The molecule has 1 atom stereocenters. The Hall–Kier alpha value is -2.58. The summed E-state index contributed by atoms with van der Waals surface area (Å²) in [7, 11) is 0. The molecule has 4 rings (SSSR count). The third-order valence-electron chi connectivity index (χ3n) is 5.55. The summed E-state index contributed by atoms with van der Waals surface area (Å²) in [5.74, 6) is 0.141. The van der Waals surface area contributed by atoms with Gasteiger partial charge < -0.3 is 20.3 Å². The molecule has 2 fully saturated rings. The summed E-state index contributed by atoms with van der Waals surface area (Å²) in [4.78, 5) is 24.1. The van der Waals surface area contributed by atoms with E-state index < -0.39 is 0 Å². The van der Waals surface area contributed by atoms with E-state index in [9.17, 15) is 9.18 Å². The molecule has 1 amide bonds. The molecule has 0 spiro atoms. The standard InChI is InChI=1S/C22H28FN5O2/c23-17-5-3-16(4-6-17)13-19-21(24-8-11-28-9-1-2-10-28)25-14-20(27-19)22(29)26-18-7-12-30-15-18/h3-6,14,18H,1-2,7-13,15H2,(H,24,25)(H,26,29). The van der Waals surface area contributed by atoms with E-state index in [1.54, 1.807) is 12.1 Å². The maximum atomic E-state index is 13.3. The van der Waals surface area contributed by atoms with Crippen molar-refractivity contribution in [2.24, 2.45) is 0 Å². The van der Waals surface area contributed by atoms with Crippen LogP contribution in [0.25, 0.3) is 0 Å². The Kier molecular flexibility index (Phi) is 6.86. The summed E-state index contributed by atoms with van der Waals surface area (Å²) in [6.07, 6.45) is 5.29. The Morgan fingerprint density at radius 2 is 2.03 bits per heavy atom. The van der Waals surface area contributed by atoms with Crippen molar-refractivity contribution in [2.75, 3.05) is 44.7 Å². The first kappa shape index (κ1) is 20.7. The lowest BCUT2D eigenvalue weighted by atomic mass is 10.1. The van der Waals surface area contributed by atoms with Crippen LogP contribution in [0.15, 0.2) is 30.5 Å². The van der Waals surface area contributed by atoms with Crippen LogP contribution in [0.1, 0.15) is 41.0 Å². The van der Waals surface area contributed by atoms with Crippen LogP contribution in [0, 0.1) is 5.82 Å². The Morgan fingerprint density at radius 3 is 2.77 bits per heavy atom. The minimum absolute atomic E-state index is 0.0121. The van der Waals surface area contributed by atoms with Gasteiger partial charge in [0.25, 0.3) is 5.91 Å². The van der Waals surface area contributed by atoms with Crippen LogP contribution in [0.4, 0.5) is 10.2 Å². The van der Waals surface area contributed by atoms with Crippen molar-refractivity contribution < 1.29 is 13.9 Å². The first-order valence-corrected chi connectivity index (χ1v) is 10.6. The Labute approximate surface area is 176 Å². The van der Waals surface area contributed by atoms with Gasteiger partial charge in [0.15, 0.2) is 0 Å². The lowest BCUT2D eigenvalue weighted by Crippen LogP contribution is -2.35. The molecule has 1 unspecified atom stereocenters. The third kappa shape index (κ3) is 5.52. The van der Waals surface area contributed by atoms with Gasteiger partial charge in [0.2, 0.25) is 0 Å². The maximum absolute atomic E-state index is 13.3. The van der Waals surface area contributed by atoms with E-state index in [1.807, 2.05) is 0 Å². The van der Waals surface area contributed by atoms with Crippen molar-refractivity contribution in [3.8, 4) is 0 Å². The largest absolute Gasteiger partial charge is 0.379 e. The molecule has 8 heteroatoms. The highest BCUT2D eigenvalue weighted by Gasteiger charge is 2.21. The number of ether oxygens (including phenoxy) is 1. The first-order valence-electron chi connectivity index (χ1n) is 10.6. The number of carbonyl (C=O) groups excluding carboxylic acids is 1. The van der Waals surface area contributed by atoms with E-state index >= 15 is 0 Å². The Morgan fingerprint density at radius 1 is 1.23 bits per heavy atom. The van der Waals surface area contributed by atoms with E-state index in [0.717, 1.165) is 38.2 Å². The van der Waals surface area contributed by atoms with Crippen LogP contribution in [0.2, 0.25) is 0 Å². The van der Waals surface area contributed by atoms with E-state index in [1.165, 1.54) is 31.2 Å². The summed E-state index contributed by atoms with van der Waals surface area (Å²) >= 11 is 0. The number of hydrogen-bond donors (Lipinski definition) is 2. The zero-order valence-electron chi connectivity index (χ0n) is 17.1. The van der Waals surface area contributed by atoms with Crippen molar-refractivity contribution in [3.63, 3.8) is 0 Å². The van der Waals surface area contributed by atoms with Crippen LogP contribution < -0.4 is 10.6 Å². The second-order valence-electron chi connectivity index (χ2n) is 7.86. The molecule has 1 aromatic carbocycles. The van der Waals surface area contributed by atoms with Gasteiger partial charge in [0.05, 0.1) is 24.5 Å². The summed E-state index contributed by atoms with van der Waals surface area (Å²) in [6.45, 7) is 5.17. The molecule has 2 aromatic rings. The van der Waals surface area contributed by atoms with Gasteiger partial charge in [-0.25, -0.2) is 14.4 Å². The van der Waals surface area contributed by atoms with E-state index in [0.29, 0.717) is 31.1 Å². The van der Waals surface area contributed by atoms with E-state index in [4.69, 9.17) is 4.74 Å². The Bertz CT molecular complexity index is 849. The topological polar surface area (TPSA) is 79.4 Å². The molecule has 1 aromatic heterocycles. The van der Waals surface area contributed by atoms with Gasteiger partial charge in [0.1, 0.15) is 17.3 Å². The minimum atomic E-state index is -0.277. The fraction of sp³-hybridized carbons (Fsp3) is 0.500. The summed E-state index contributed by atoms with van der Waals surface area (Å²) in [5.41, 5.74) is 1.87. The maximum Gasteiger partial charge on any atom is 0.271 e. The summed E-state index contributed by atoms with van der Waals surface area (Å²) in [5, 5.41) is 6.32. The average Bonchev–Trinajstić information content (AvgIpc) is 3.45. The SMILES string of the molecule is O=C(NC1CCOC1)c1cnc(NCCN2CCCC2)c(Cc2ccc(F)cc2)n1. The molecule has 30 heavy (non-hydrogen) atoms. The number of carbonyl (C=O) groups is 1. The van der Waals surface area contributed by atoms with Crippen molar-refractivity contribution in [1.82, 2.24) is 20.2 Å². The number of anilines is 1. The number of rotatable bonds is 8. The fourth-order valence-corrected chi connectivity index (χ4v) is 3.85. The lowest BCUT2D eigenvalue weighted by Gasteiger charge is -2.17. The van der Waals surface area contributed by atoms with Crippen molar-refractivity contribution >= 4 is 11.7 Å². The third-order valence-corrected chi connectivity index (χ3v) is 5.55. The lowest BCUT2D eigenvalue weighted by molar-refractivity contribution is 0.0924. The molecule has 2 aliphatic rings. The molecular weight excluding hydrogens is 385 g/mol. The number of nitrogens with zero attached hydrogens (tertiary/aromatic N) is 3. The van der Waals surface area contributed by atoms with Crippen LogP contribution in [0.5, 0.6) is 0 Å². The van der Waals surface area contributed by atoms with Gasteiger partial charge in [-0.05, 0) is 50.0 Å². The smallest absolute Gasteiger partial charge is 0.271 e. The van der Waals surface area contributed by atoms with Crippen molar-refractivity contribution in [2.45, 2.75) is 31.7 Å². The van der Waals surface area contributed by atoms with Gasteiger partial charge in [-0.1, -0.05) is 12.1 Å².